The largest absolute Gasteiger partial charge is 0.309 e. The van der Waals surface area contributed by atoms with E-state index >= 15 is 0 Å². The highest BCUT2D eigenvalue weighted by Crippen LogP contribution is 2.42. The third kappa shape index (κ3) is 3.24. The van der Waals surface area contributed by atoms with Crippen molar-refractivity contribution in [1.82, 2.24) is 0 Å². The Morgan fingerprint density at radius 2 is 1.65 bits per heavy atom. The zero-order chi connectivity index (χ0) is 18.8. The van der Waals surface area contributed by atoms with Crippen LogP contribution in [0.1, 0.15) is 45.7 Å². The number of para-hydroxylation sites is 2. The van der Waals surface area contributed by atoms with Crippen molar-refractivity contribution in [3.8, 4) is 0 Å². The van der Waals surface area contributed by atoms with Crippen molar-refractivity contribution in [1.29, 1.82) is 0 Å². The van der Waals surface area contributed by atoms with E-state index in [0.717, 1.165) is 16.9 Å². The Kier molecular flexibility index (Phi) is 5.12. The van der Waals surface area contributed by atoms with Gasteiger partial charge in [0.2, 0.25) is 11.8 Å². The molecule has 1 heterocycles. The average molecular weight is 350 g/mol. The zero-order valence-corrected chi connectivity index (χ0v) is 15.8. The maximum absolute atomic E-state index is 13.1. The van der Waals surface area contributed by atoms with E-state index in [-0.39, 0.29) is 29.8 Å². The van der Waals surface area contributed by atoms with Crippen molar-refractivity contribution in [2.24, 2.45) is 5.92 Å². The monoisotopic (exact) mass is 350 g/mol. The van der Waals surface area contributed by atoms with E-state index in [2.05, 4.69) is 0 Å². The molecular formula is C22H26N2O2. The van der Waals surface area contributed by atoms with E-state index in [0.29, 0.717) is 6.42 Å². The molecule has 0 fully saturated rings. The molecule has 0 aromatic heterocycles. The number of nitrogens with zero attached hydrogens (tertiary/aromatic N) is 2. The maximum atomic E-state index is 13.1. The second kappa shape index (κ2) is 7.32. The van der Waals surface area contributed by atoms with Gasteiger partial charge in [0.15, 0.2) is 0 Å². The van der Waals surface area contributed by atoms with E-state index in [1.54, 1.807) is 6.92 Å². The van der Waals surface area contributed by atoms with Crippen molar-refractivity contribution in [3.05, 3.63) is 60.2 Å². The topological polar surface area (TPSA) is 40.6 Å². The fourth-order valence-corrected chi connectivity index (χ4v) is 3.83. The Bertz CT molecular complexity index is 801. The summed E-state index contributed by atoms with van der Waals surface area (Å²) in [5.74, 6) is 0.0211. The normalized spacial score (nSPS) is 19.2. The molecule has 1 aliphatic heterocycles. The Morgan fingerprint density at radius 3 is 2.27 bits per heavy atom. The van der Waals surface area contributed by atoms with Gasteiger partial charge in [0.05, 0.1) is 6.04 Å². The van der Waals surface area contributed by atoms with Crippen molar-refractivity contribution in [3.63, 3.8) is 0 Å². The molecule has 1 aliphatic rings. The molecule has 26 heavy (non-hydrogen) atoms. The molecule has 0 unspecified atom stereocenters. The number of fused-ring (bicyclic) bond motifs is 1. The van der Waals surface area contributed by atoms with E-state index < -0.39 is 0 Å². The van der Waals surface area contributed by atoms with Gasteiger partial charge in [-0.3, -0.25) is 9.59 Å². The first-order valence-corrected chi connectivity index (χ1v) is 9.18. The fourth-order valence-electron chi connectivity index (χ4n) is 3.83. The summed E-state index contributed by atoms with van der Waals surface area (Å²) in [6, 6.07) is 17.7. The lowest BCUT2D eigenvalue weighted by atomic mass is 9.89. The summed E-state index contributed by atoms with van der Waals surface area (Å²) in [7, 11) is 0. The highest BCUT2D eigenvalue weighted by Gasteiger charge is 2.37. The number of carbonyl (C=O) groups excluding carboxylic acids is 2. The van der Waals surface area contributed by atoms with E-state index in [1.807, 2.05) is 85.2 Å². The number of hydrogen-bond acceptors (Lipinski definition) is 2. The number of carbonyl (C=O) groups is 2. The third-order valence-corrected chi connectivity index (χ3v) is 4.98. The average Bonchev–Trinajstić information content (AvgIpc) is 2.62. The first kappa shape index (κ1) is 18.2. The van der Waals surface area contributed by atoms with Gasteiger partial charge >= 0.3 is 0 Å². The van der Waals surface area contributed by atoms with Gasteiger partial charge < -0.3 is 9.80 Å². The number of amides is 2. The minimum Gasteiger partial charge on any atom is -0.309 e. The van der Waals surface area contributed by atoms with Crippen LogP contribution in [0.3, 0.4) is 0 Å². The molecule has 136 valence electrons. The molecule has 0 aliphatic carbocycles. The lowest BCUT2D eigenvalue weighted by molar-refractivity contribution is -0.122. The summed E-state index contributed by atoms with van der Waals surface area (Å²) in [5.41, 5.74) is 2.83. The summed E-state index contributed by atoms with van der Waals surface area (Å²) in [4.78, 5) is 29.1. The Labute approximate surface area is 155 Å². The van der Waals surface area contributed by atoms with Crippen LogP contribution in [0, 0.1) is 5.92 Å². The SMILES string of the molecule is CC(=O)N1c2ccccc2[C@H](N(C(=O)C(C)C)c2ccccc2)C[C@@H]1C. The first-order valence-electron chi connectivity index (χ1n) is 9.18. The van der Waals surface area contributed by atoms with Gasteiger partial charge in [0, 0.05) is 30.3 Å². The van der Waals surface area contributed by atoms with Crippen molar-refractivity contribution in [2.45, 2.75) is 46.2 Å². The molecule has 4 heteroatoms. The van der Waals surface area contributed by atoms with Crippen LogP contribution in [0.15, 0.2) is 54.6 Å². The molecule has 2 amide bonds. The van der Waals surface area contributed by atoms with Crippen LogP contribution in [0.25, 0.3) is 0 Å². The number of hydrogen-bond donors (Lipinski definition) is 0. The maximum Gasteiger partial charge on any atom is 0.230 e. The van der Waals surface area contributed by atoms with Crippen LogP contribution in [0.2, 0.25) is 0 Å². The van der Waals surface area contributed by atoms with Crippen LogP contribution in [0.5, 0.6) is 0 Å². The standard InChI is InChI=1S/C22H26N2O2/c1-15(2)22(26)24(18-10-6-5-7-11-18)21-14-16(3)23(17(4)25)20-13-9-8-12-19(20)21/h5-13,15-16,21H,14H2,1-4H3/t16-,21+/m0/s1. The Morgan fingerprint density at radius 1 is 1.04 bits per heavy atom. The number of benzene rings is 2. The van der Waals surface area contributed by atoms with Gasteiger partial charge in [-0.1, -0.05) is 50.2 Å². The summed E-state index contributed by atoms with van der Waals surface area (Å²) >= 11 is 0. The summed E-state index contributed by atoms with van der Waals surface area (Å²) < 4.78 is 0. The van der Waals surface area contributed by atoms with Gasteiger partial charge in [0.25, 0.3) is 0 Å². The van der Waals surface area contributed by atoms with Gasteiger partial charge in [0.1, 0.15) is 0 Å². The first-order chi connectivity index (χ1) is 12.4. The van der Waals surface area contributed by atoms with Crippen LogP contribution in [0.4, 0.5) is 11.4 Å². The zero-order valence-electron chi connectivity index (χ0n) is 15.8. The predicted octanol–water partition coefficient (Wildman–Crippen LogP) is 4.56. The quantitative estimate of drug-likeness (QED) is 0.814. The molecule has 2 aromatic carbocycles. The molecule has 0 N–H and O–H groups in total. The fraction of sp³-hybridized carbons (Fsp3) is 0.364. The van der Waals surface area contributed by atoms with E-state index in [4.69, 9.17) is 0 Å². The highest BCUT2D eigenvalue weighted by atomic mass is 16.2. The van der Waals surface area contributed by atoms with Crippen molar-refractivity contribution >= 4 is 23.2 Å². The number of rotatable bonds is 3. The molecular weight excluding hydrogens is 324 g/mol. The lowest BCUT2D eigenvalue weighted by Gasteiger charge is -2.43. The van der Waals surface area contributed by atoms with Crippen LogP contribution in [-0.2, 0) is 9.59 Å². The smallest absolute Gasteiger partial charge is 0.230 e. The minimum atomic E-state index is -0.108. The van der Waals surface area contributed by atoms with Gasteiger partial charge in [-0.05, 0) is 37.1 Å². The summed E-state index contributed by atoms with van der Waals surface area (Å²) in [6.45, 7) is 7.51. The number of anilines is 2. The molecule has 0 bridgehead atoms. The molecule has 2 atom stereocenters. The van der Waals surface area contributed by atoms with Gasteiger partial charge in [-0.15, -0.1) is 0 Å². The molecule has 0 saturated heterocycles. The molecule has 0 spiro atoms. The van der Waals surface area contributed by atoms with Gasteiger partial charge in [-0.2, -0.15) is 0 Å². The second-order valence-corrected chi connectivity index (χ2v) is 7.25. The third-order valence-electron chi connectivity index (χ3n) is 4.98. The predicted molar refractivity (Wildman–Crippen MR) is 105 cm³/mol. The van der Waals surface area contributed by atoms with E-state index in [1.165, 1.54) is 0 Å². The molecule has 0 saturated carbocycles. The Balaban J connectivity index is 2.14. The minimum absolute atomic E-state index is 0.0265. The molecule has 4 nitrogen and oxygen atoms in total. The van der Waals surface area contributed by atoms with Crippen molar-refractivity contribution < 1.29 is 9.59 Å². The van der Waals surface area contributed by atoms with Crippen LogP contribution in [-0.4, -0.2) is 17.9 Å². The van der Waals surface area contributed by atoms with Crippen molar-refractivity contribution in [2.75, 3.05) is 9.80 Å². The Hall–Kier alpha value is -2.62. The lowest BCUT2D eigenvalue weighted by Crippen LogP contribution is -2.47. The van der Waals surface area contributed by atoms with Gasteiger partial charge in [-0.25, -0.2) is 0 Å². The summed E-state index contributed by atoms with van der Waals surface area (Å²) in [6.07, 6.45) is 0.712. The van der Waals surface area contributed by atoms with E-state index in [9.17, 15) is 9.59 Å². The van der Waals surface area contributed by atoms with Crippen LogP contribution >= 0.6 is 0 Å². The molecule has 3 rings (SSSR count). The van der Waals surface area contributed by atoms with Crippen LogP contribution < -0.4 is 9.80 Å². The molecule has 0 radical (unpaired) electrons. The summed E-state index contributed by atoms with van der Waals surface area (Å²) in [5, 5.41) is 0. The molecule has 2 aromatic rings. The highest BCUT2D eigenvalue weighted by molar-refractivity contribution is 5.98. The second-order valence-electron chi connectivity index (χ2n) is 7.25.